The number of pyridine rings is 1. The molecule has 0 fully saturated rings. The van der Waals surface area contributed by atoms with E-state index in [1.165, 1.54) is 0 Å². The van der Waals surface area contributed by atoms with Crippen molar-refractivity contribution in [1.82, 2.24) is 4.98 Å². The van der Waals surface area contributed by atoms with Crippen LogP contribution < -0.4 is 4.90 Å². The van der Waals surface area contributed by atoms with Gasteiger partial charge < -0.3 is 10.0 Å². The number of rotatable bonds is 6. The van der Waals surface area contributed by atoms with Crippen LogP contribution in [0.3, 0.4) is 0 Å². The molecule has 0 aliphatic rings. The van der Waals surface area contributed by atoms with Gasteiger partial charge >= 0.3 is 5.97 Å². The average Bonchev–Trinajstić information content (AvgIpc) is 2.36. The molecule has 0 aliphatic heterocycles. The summed E-state index contributed by atoms with van der Waals surface area (Å²) in [5, 5.41) is 8.60. The summed E-state index contributed by atoms with van der Waals surface area (Å²) in [5.74, 6) is 1.03. The third kappa shape index (κ3) is 4.59. The first-order valence-electron chi connectivity index (χ1n) is 6.05. The van der Waals surface area contributed by atoms with Gasteiger partial charge in [0, 0.05) is 31.1 Å². The number of carboxylic acids is 1. The molecule has 5 heteroatoms. The summed E-state index contributed by atoms with van der Waals surface area (Å²) < 4.78 is 0. The minimum absolute atomic E-state index is 0.404. The number of aryl methyl sites for hydroxylation is 1. The Morgan fingerprint density at radius 3 is 2.84 bits per heavy atom. The van der Waals surface area contributed by atoms with Crippen LogP contribution in [-0.4, -0.2) is 41.2 Å². The fourth-order valence-corrected chi connectivity index (χ4v) is 2.48. The zero-order valence-corrected chi connectivity index (χ0v) is 12.6. The summed E-state index contributed by atoms with van der Waals surface area (Å²) in [6.07, 6.45) is 6.46. The van der Waals surface area contributed by atoms with E-state index >= 15 is 0 Å². The van der Waals surface area contributed by atoms with E-state index in [0.717, 1.165) is 28.8 Å². The molecular formula is C14H20N2O2S. The van der Waals surface area contributed by atoms with Crippen LogP contribution >= 0.6 is 11.8 Å². The van der Waals surface area contributed by atoms with Gasteiger partial charge in [-0.25, -0.2) is 9.78 Å². The normalized spacial score (nSPS) is 12.6. The fourth-order valence-electron chi connectivity index (χ4n) is 1.78. The highest BCUT2D eigenvalue weighted by atomic mass is 32.2. The second-order valence-corrected chi connectivity index (χ2v) is 5.41. The molecule has 19 heavy (non-hydrogen) atoms. The standard InChI is InChI=1S/C14H20N2O2S/c1-10-7-12(5-6-13(17)18)8-15-14(10)16(3)11(2)9-19-4/h5-8,11H,9H2,1-4H3,(H,17,18)/b6-5+. The van der Waals surface area contributed by atoms with Crippen molar-refractivity contribution in [2.24, 2.45) is 0 Å². The molecule has 0 aromatic carbocycles. The Bertz CT molecular complexity index is 475. The second kappa shape index (κ2) is 7.19. The fraction of sp³-hybridized carbons (Fsp3) is 0.429. The van der Waals surface area contributed by atoms with E-state index in [9.17, 15) is 4.79 Å². The van der Waals surface area contributed by atoms with Gasteiger partial charge in [-0.15, -0.1) is 0 Å². The van der Waals surface area contributed by atoms with Crippen molar-refractivity contribution in [2.75, 3.05) is 24.0 Å². The molecule has 1 aromatic heterocycles. The molecule has 0 radical (unpaired) electrons. The van der Waals surface area contributed by atoms with Crippen LogP contribution in [0.4, 0.5) is 5.82 Å². The molecule has 4 nitrogen and oxygen atoms in total. The molecular weight excluding hydrogens is 260 g/mol. The summed E-state index contributed by atoms with van der Waals surface area (Å²) in [6, 6.07) is 2.35. The number of carboxylic acid groups (broad SMARTS) is 1. The van der Waals surface area contributed by atoms with Crippen LogP contribution in [-0.2, 0) is 4.79 Å². The summed E-state index contributed by atoms with van der Waals surface area (Å²) in [7, 11) is 2.03. The lowest BCUT2D eigenvalue weighted by Crippen LogP contribution is -2.32. The van der Waals surface area contributed by atoms with Gasteiger partial charge in [0.2, 0.25) is 0 Å². The summed E-state index contributed by atoms with van der Waals surface area (Å²) in [6.45, 7) is 4.15. The van der Waals surface area contributed by atoms with E-state index in [-0.39, 0.29) is 0 Å². The van der Waals surface area contributed by atoms with Crippen molar-refractivity contribution in [3.63, 3.8) is 0 Å². The van der Waals surface area contributed by atoms with Gasteiger partial charge in [-0.05, 0) is 43.4 Å². The number of thioether (sulfide) groups is 1. The molecule has 1 rings (SSSR count). The van der Waals surface area contributed by atoms with Crippen LogP contribution in [0.1, 0.15) is 18.1 Å². The number of hydrogen-bond donors (Lipinski definition) is 1. The number of aromatic nitrogens is 1. The molecule has 0 saturated heterocycles. The highest BCUT2D eigenvalue weighted by Crippen LogP contribution is 2.20. The van der Waals surface area contributed by atoms with Crippen LogP contribution in [0.25, 0.3) is 6.08 Å². The van der Waals surface area contributed by atoms with E-state index in [4.69, 9.17) is 5.11 Å². The van der Waals surface area contributed by atoms with Crippen molar-refractivity contribution >= 4 is 29.6 Å². The quantitative estimate of drug-likeness (QED) is 0.812. The minimum atomic E-state index is -0.951. The molecule has 0 bridgehead atoms. The van der Waals surface area contributed by atoms with Gasteiger partial charge in [0.15, 0.2) is 0 Å². The number of carbonyl (C=O) groups is 1. The maximum absolute atomic E-state index is 10.5. The lowest BCUT2D eigenvalue weighted by molar-refractivity contribution is -0.131. The zero-order chi connectivity index (χ0) is 14.4. The largest absolute Gasteiger partial charge is 0.478 e. The van der Waals surface area contributed by atoms with E-state index in [2.05, 4.69) is 23.1 Å². The summed E-state index contributed by atoms with van der Waals surface area (Å²) >= 11 is 1.81. The third-order valence-electron chi connectivity index (χ3n) is 2.89. The molecule has 0 amide bonds. The van der Waals surface area contributed by atoms with Crippen molar-refractivity contribution < 1.29 is 9.90 Å². The first-order valence-corrected chi connectivity index (χ1v) is 7.44. The van der Waals surface area contributed by atoms with Crippen LogP contribution in [0.2, 0.25) is 0 Å². The Labute approximate surface area is 118 Å². The highest BCUT2D eigenvalue weighted by molar-refractivity contribution is 7.98. The Morgan fingerprint density at radius 1 is 1.63 bits per heavy atom. The van der Waals surface area contributed by atoms with Gasteiger partial charge in [-0.2, -0.15) is 11.8 Å². The minimum Gasteiger partial charge on any atom is -0.478 e. The Kier molecular flexibility index (Phi) is 5.89. The van der Waals surface area contributed by atoms with Gasteiger partial charge in [0.05, 0.1) is 0 Å². The zero-order valence-electron chi connectivity index (χ0n) is 11.8. The molecule has 0 saturated carbocycles. The molecule has 1 unspecified atom stereocenters. The van der Waals surface area contributed by atoms with E-state index in [1.807, 2.05) is 31.8 Å². The lowest BCUT2D eigenvalue weighted by Gasteiger charge is -2.26. The third-order valence-corrected chi connectivity index (χ3v) is 3.71. The number of anilines is 1. The number of aliphatic carboxylic acids is 1. The Balaban J connectivity index is 2.91. The van der Waals surface area contributed by atoms with Crippen molar-refractivity contribution in [2.45, 2.75) is 19.9 Å². The van der Waals surface area contributed by atoms with Crippen molar-refractivity contribution in [3.05, 3.63) is 29.5 Å². The van der Waals surface area contributed by atoms with E-state index < -0.39 is 5.97 Å². The van der Waals surface area contributed by atoms with Gasteiger partial charge in [0.25, 0.3) is 0 Å². The first-order chi connectivity index (χ1) is 8.95. The highest BCUT2D eigenvalue weighted by Gasteiger charge is 2.12. The van der Waals surface area contributed by atoms with E-state index in [0.29, 0.717) is 6.04 Å². The van der Waals surface area contributed by atoms with Gasteiger partial charge in [0.1, 0.15) is 5.82 Å². The second-order valence-electron chi connectivity index (χ2n) is 4.50. The van der Waals surface area contributed by atoms with Crippen LogP contribution in [0.15, 0.2) is 18.3 Å². The molecule has 104 valence electrons. The molecule has 1 aromatic rings. The SMILES string of the molecule is CSCC(C)N(C)c1ncc(/C=C/C(=O)O)cc1C. The first kappa shape index (κ1) is 15.6. The van der Waals surface area contributed by atoms with Crippen LogP contribution in [0.5, 0.6) is 0 Å². The molecule has 1 N–H and O–H groups in total. The lowest BCUT2D eigenvalue weighted by atomic mass is 10.1. The molecule has 1 atom stereocenters. The monoisotopic (exact) mass is 280 g/mol. The summed E-state index contributed by atoms with van der Waals surface area (Å²) in [4.78, 5) is 17.1. The predicted octanol–water partition coefficient (Wildman–Crippen LogP) is 2.68. The number of hydrogen-bond acceptors (Lipinski definition) is 4. The van der Waals surface area contributed by atoms with Crippen molar-refractivity contribution in [1.29, 1.82) is 0 Å². The topological polar surface area (TPSA) is 53.4 Å². The summed E-state index contributed by atoms with van der Waals surface area (Å²) in [5.41, 5.74) is 1.84. The van der Waals surface area contributed by atoms with Crippen LogP contribution in [0, 0.1) is 6.92 Å². The Hall–Kier alpha value is -1.49. The van der Waals surface area contributed by atoms with Gasteiger partial charge in [-0.1, -0.05) is 0 Å². The van der Waals surface area contributed by atoms with Crippen molar-refractivity contribution in [3.8, 4) is 0 Å². The molecule has 0 spiro atoms. The average molecular weight is 280 g/mol. The predicted molar refractivity (Wildman–Crippen MR) is 81.9 cm³/mol. The maximum atomic E-state index is 10.5. The number of nitrogens with zero attached hydrogens (tertiary/aromatic N) is 2. The smallest absolute Gasteiger partial charge is 0.328 e. The molecule has 1 heterocycles. The molecule has 0 aliphatic carbocycles. The van der Waals surface area contributed by atoms with Gasteiger partial charge in [-0.3, -0.25) is 0 Å². The van der Waals surface area contributed by atoms with E-state index in [1.54, 1.807) is 12.3 Å². The maximum Gasteiger partial charge on any atom is 0.328 e. The Morgan fingerprint density at radius 2 is 2.32 bits per heavy atom.